The molecule has 0 aromatic carbocycles. The van der Waals surface area contributed by atoms with E-state index in [4.69, 9.17) is 11.6 Å². The van der Waals surface area contributed by atoms with Gasteiger partial charge in [-0.05, 0) is 30.2 Å². The van der Waals surface area contributed by atoms with Gasteiger partial charge in [-0.25, -0.2) is 5.43 Å². The summed E-state index contributed by atoms with van der Waals surface area (Å²) in [6, 6.07) is 1.71. The zero-order chi connectivity index (χ0) is 17.8. The van der Waals surface area contributed by atoms with Crippen LogP contribution >= 0.6 is 22.9 Å². The predicted molar refractivity (Wildman–Crippen MR) is 95.8 cm³/mol. The Morgan fingerprint density at radius 1 is 1.36 bits per heavy atom. The van der Waals surface area contributed by atoms with Crippen LogP contribution in [0.1, 0.15) is 35.4 Å². The van der Waals surface area contributed by atoms with Gasteiger partial charge in [0.2, 0.25) is 5.91 Å². The summed E-state index contributed by atoms with van der Waals surface area (Å²) < 4.78 is 0. The second-order valence-electron chi connectivity index (χ2n) is 6.14. The molecule has 0 saturated carbocycles. The van der Waals surface area contributed by atoms with Crippen LogP contribution in [0.15, 0.2) is 16.5 Å². The minimum atomic E-state index is -0.156. The van der Waals surface area contributed by atoms with Crippen LogP contribution in [0.4, 0.5) is 0 Å². The van der Waals surface area contributed by atoms with Gasteiger partial charge in [-0.2, -0.15) is 5.10 Å². The zero-order valence-electron chi connectivity index (χ0n) is 13.6. The van der Waals surface area contributed by atoms with E-state index in [9.17, 15) is 14.4 Å². The minimum Gasteiger partial charge on any atom is -0.351 e. The average Bonchev–Trinajstić information content (AvgIpc) is 3.06. The number of thiophene rings is 1. The lowest BCUT2D eigenvalue weighted by Crippen LogP contribution is -2.45. The van der Waals surface area contributed by atoms with E-state index >= 15 is 0 Å². The van der Waals surface area contributed by atoms with Crippen molar-refractivity contribution in [2.24, 2.45) is 11.0 Å². The van der Waals surface area contributed by atoms with Gasteiger partial charge < -0.3 is 10.2 Å². The lowest BCUT2D eigenvalue weighted by Gasteiger charge is -2.32. The van der Waals surface area contributed by atoms with Crippen LogP contribution in [0, 0.1) is 5.92 Å². The van der Waals surface area contributed by atoms with E-state index in [-0.39, 0.29) is 17.7 Å². The highest BCUT2D eigenvalue weighted by Gasteiger charge is 2.27. The van der Waals surface area contributed by atoms with E-state index in [0.717, 1.165) is 12.8 Å². The summed E-state index contributed by atoms with van der Waals surface area (Å²) in [6.45, 7) is 1.84. The Kier molecular flexibility index (Phi) is 5.70. The first-order valence-electron chi connectivity index (χ1n) is 8.20. The van der Waals surface area contributed by atoms with Gasteiger partial charge in [0.05, 0.1) is 5.02 Å². The molecule has 3 amide bonds. The number of hydrogen-bond donors (Lipinski definition) is 2. The molecule has 2 aliphatic heterocycles. The quantitative estimate of drug-likeness (QED) is 0.829. The number of carbonyl (C=O) groups excluding carboxylic acids is 3. The molecule has 2 aliphatic rings. The van der Waals surface area contributed by atoms with E-state index in [1.54, 1.807) is 16.3 Å². The number of amides is 3. The van der Waals surface area contributed by atoms with Gasteiger partial charge >= 0.3 is 0 Å². The Morgan fingerprint density at radius 3 is 2.72 bits per heavy atom. The molecule has 1 aromatic rings. The van der Waals surface area contributed by atoms with Crippen molar-refractivity contribution < 1.29 is 14.4 Å². The molecule has 1 aromatic heterocycles. The molecule has 0 atom stereocenters. The lowest BCUT2D eigenvalue weighted by molar-refractivity contribution is -0.125. The molecular formula is C16H19ClN4O3S. The van der Waals surface area contributed by atoms with Crippen molar-refractivity contribution in [2.45, 2.75) is 25.7 Å². The van der Waals surface area contributed by atoms with E-state index in [0.29, 0.717) is 54.0 Å². The fourth-order valence-electron chi connectivity index (χ4n) is 2.92. The molecule has 25 heavy (non-hydrogen) atoms. The van der Waals surface area contributed by atoms with Crippen molar-refractivity contribution in [1.29, 1.82) is 0 Å². The first-order valence-corrected chi connectivity index (χ1v) is 9.46. The van der Waals surface area contributed by atoms with Gasteiger partial charge in [0.1, 0.15) is 10.6 Å². The van der Waals surface area contributed by atoms with Crippen molar-refractivity contribution >= 4 is 46.4 Å². The number of likely N-dealkylation sites (tertiary alicyclic amines) is 1. The van der Waals surface area contributed by atoms with Gasteiger partial charge in [-0.3, -0.25) is 14.4 Å². The summed E-state index contributed by atoms with van der Waals surface area (Å²) in [4.78, 5) is 37.9. The molecular weight excluding hydrogens is 364 g/mol. The molecule has 3 rings (SSSR count). The molecule has 1 fully saturated rings. The van der Waals surface area contributed by atoms with Gasteiger partial charge in [0.15, 0.2) is 0 Å². The summed E-state index contributed by atoms with van der Waals surface area (Å²) in [6.07, 6.45) is 2.34. The molecule has 0 spiro atoms. The topological polar surface area (TPSA) is 90.9 Å². The molecule has 0 radical (unpaired) electrons. The van der Waals surface area contributed by atoms with E-state index in [2.05, 4.69) is 15.8 Å². The summed E-state index contributed by atoms with van der Waals surface area (Å²) in [5.41, 5.74) is 2.77. The maximum absolute atomic E-state index is 12.4. The van der Waals surface area contributed by atoms with Crippen LogP contribution in [-0.4, -0.2) is 48.0 Å². The second-order valence-corrected chi connectivity index (χ2v) is 7.46. The molecule has 1 saturated heterocycles. The van der Waals surface area contributed by atoms with Crippen LogP contribution in [0.5, 0.6) is 0 Å². The molecule has 9 heteroatoms. The first kappa shape index (κ1) is 17.9. The zero-order valence-corrected chi connectivity index (χ0v) is 15.2. The van der Waals surface area contributed by atoms with E-state index < -0.39 is 0 Å². The second kappa shape index (κ2) is 7.97. The van der Waals surface area contributed by atoms with Gasteiger partial charge in [-0.1, -0.05) is 11.6 Å². The number of hydrazone groups is 1. The number of nitrogens with one attached hydrogen (secondary N) is 2. The third-order valence-corrected chi connectivity index (χ3v) is 5.77. The van der Waals surface area contributed by atoms with Crippen LogP contribution in [0.3, 0.4) is 0 Å². The van der Waals surface area contributed by atoms with Crippen molar-refractivity contribution in [3.8, 4) is 0 Å². The third-order valence-electron chi connectivity index (χ3n) is 4.43. The number of hydrogen-bond acceptors (Lipinski definition) is 5. The Bertz CT molecular complexity index is 710. The Labute approximate surface area is 154 Å². The maximum atomic E-state index is 12.4. The van der Waals surface area contributed by atoms with Gasteiger partial charge in [-0.15, -0.1) is 11.3 Å². The number of halogens is 1. The van der Waals surface area contributed by atoms with Crippen LogP contribution in [-0.2, 0) is 9.59 Å². The Morgan fingerprint density at radius 2 is 2.12 bits per heavy atom. The fraction of sp³-hybridized carbons (Fsp3) is 0.500. The lowest BCUT2D eigenvalue weighted by atomic mass is 9.96. The first-order chi connectivity index (χ1) is 12.0. The van der Waals surface area contributed by atoms with Gasteiger partial charge in [0, 0.05) is 32.5 Å². The molecule has 0 aliphatic carbocycles. The van der Waals surface area contributed by atoms with Crippen molar-refractivity contribution in [2.75, 3.05) is 19.6 Å². The number of carbonyl (C=O) groups is 3. The number of rotatable bonds is 4. The fourth-order valence-corrected chi connectivity index (χ4v) is 3.98. The van der Waals surface area contributed by atoms with Gasteiger partial charge in [0.25, 0.3) is 11.8 Å². The Hall–Kier alpha value is -1.93. The minimum absolute atomic E-state index is 0.104. The van der Waals surface area contributed by atoms with Crippen LogP contribution < -0.4 is 10.7 Å². The predicted octanol–water partition coefficient (Wildman–Crippen LogP) is 1.64. The van der Waals surface area contributed by atoms with Crippen molar-refractivity contribution in [1.82, 2.24) is 15.6 Å². The molecule has 0 unspecified atom stereocenters. The smallest absolute Gasteiger partial charge is 0.270 e. The van der Waals surface area contributed by atoms with E-state index in [1.807, 2.05) is 0 Å². The monoisotopic (exact) mass is 382 g/mol. The maximum Gasteiger partial charge on any atom is 0.270 e. The largest absolute Gasteiger partial charge is 0.351 e. The molecule has 134 valence electrons. The average molecular weight is 383 g/mol. The number of piperidine rings is 1. The molecule has 7 nitrogen and oxygen atoms in total. The summed E-state index contributed by atoms with van der Waals surface area (Å²) in [5.74, 6) is -0.0739. The Balaban J connectivity index is 1.44. The summed E-state index contributed by atoms with van der Waals surface area (Å²) >= 11 is 7.29. The number of nitrogens with zero attached hydrogens (tertiary/aromatic N) is 2. The normalized spacial score (nSPS) is 18.5. The highest BCUT2D eigenvalue weighted by atomic mass is 35.5. The van der Waals surface area contributed by atoms with Crippen molar-refractivity contribution in [3.05, 3.63) is 21.3 Å². The standard InChI is InChI=1S/C16H19ClN4O3S/c17-11-5-8-25-14(11)15(23)18-9-10-3-6-21(7-4-10)16(24)12-1-2-13(22)20-19-12/h5,8,10H,1-4,6-7,9H2,(H,18,23)(H,20,22). The van der Waals surface area contributed by atoms with Crippen molar-refractivity contribution in [3.63, 3.8) is 0 Å². The van der Waals surface area contributed by atoms with Crippen LogP contribution in [0.25, 0.3) is 0 Å². The molecule has 0 bridgehead atoms. The highest BCUT2D eigenvalue weighted by Crippen LogP contribution is 2.22. The van der Waals surface area contributed by atoms with E-state index in [1.165, 1.54) is 11.3 Å². The van der Waals surface area contributed by atoms with Crippen LogP contribution in [0.2, 0.25) is 5.02 Å². The summed E-state index contributed by atoms with van der Waals surface area (Å²) in [7, 11) is 0. The SMILES string of the molecule is O=C1CCC(C(=O)N2CCC(CNC(=O)c3sccc3Cl)CC2)=NN1. The summed E-state index contributed by atoms with van der Waals surface area (Å²) in [5, 5.41) is 9.04. The highest BCUT2D eigenvalue weighted by molar-refractivity contribution is 7.12. The molecule has 2 N–H and O–H groups in total. The third kappa shape index (κ3) is 4.38. The molecule has 3 heterocycles.